The molecule has 0 bridgehead atoms. The summed E-state index contributed by atoms with van der Waals surface area (Å²) in [5, 5.41) is 0. The van der Waals surface area contributed by atoms with Crippen LogP contribution in [0.5, 0.6) is 0 Å². The van der Waals surface area contributed by atoms with E-state index in [1.165, 1.54) is 0 Å². The number of rotatable bonds is 5. The maximum atomic E-state index is 13.1. The highest BCUT2D eigenvalue weighted by atomic mass is 19.4. The van der Waals surface area contributed by atoms with Crippen molar-refractivity contribution in [2.24, 2.45) is 0 Å². The van der Waals surface area contributed by atoms with Gasteiger partial charge in [-0.2, -0.15) is 65.9 Å². The van der Waals surface area contributed by atoms with Gasteiger partial charge in [-0.1, -0.05) is 0 Å². The molecule has 0 radical (unpaired) electrons. The maximum Gasteiger partial charge on any atom is 0.438 e. The minimum atomic E-state index is -8.96. The quantitative estimate of drug-likeness (QED) is 0.417. The van der Waals surface area contributed by atoms with Crippen LogP contribution in [0.25, 0.3) is 0 Å². The minimum absolute atomic E-state index is 6.44. The van der Waals surface area contributed by atoms with Crippen LogP contribution in [0.2, 0.25) is 0 Å². The summed E-state index contributed by atoms with van der Waals surface area (Å²) in [4.78, 5) is 0. The van der Waals surface area contributed by atoms with Crippen molar-refractivity contribution in [2.75, 3.05) is 0 Å². The summed E-state index contributed by atoms with van der Waals surface area (Å²) < 4.78 is 238. The zero-order valence-corrected chi connectivity index (χ0v) is 11.8. The zero-order chi connectivity index (χ0) is 23.6. The van der Waals surface area contributed by atoms with Gasteiger partial charge in [0.05, 0.1) is 0 Å². The molecule has 0 spiro atoms. The van der Waals surface area contributed by atoms with Crippen molar-refractivity contribution in [1.29, 1.82) is 0 Å². The molecule has 0 aliphatic carbocycles. The lowest BCUT2D eigenvalue weighted by Gasteiger charge is -2.45. The molecule has 28 heavy (non-hydrogen) atoms. The molecule has 0 heterocycles. The number of halogens is 19. The molecule has 0 saturated heterocycles. The molecule has 0 fully saturated rings. The SMILES string of the molecule is FC(F)C(F)(C(F)(F)F)C(F)(F)C(F)(F)C(F)(F)C(F)(C(F)(F)F)C(F)(F)F. The maximum absolute atomic E-state index is 13.1. The van der Waals surface area contributed by atoms with Crippen molar-refractivity contribution < 1.29 is 83.4 Å². The van der Waals surface area contributed by atoms with Crippen molar-refractivity contribution in [3.8, 4) is 0 Å². The van der Waals surface area contributed by atoms with E-state index in [-0.39, 0.29) is 0 Å². The van der Waals surface area contributed by atoms with Crippen LogP contribution >= 0.6 is 0 Å². The Labute approximate surface area is 139 Å². The number of hydrogen-bond acceptors (Lipinski definition) is 0. The average molecular weight is 470 g/mol. The Balaban J connectivity index is 7.11. The van der Waals surface area contributed by atoms with Crippen LogP contribution < -0.4 is 0 Å². The molecule has 0 aliphatic rings. The van der Waals surface area contributed by atoms with E-state index in [1.54, 1.807) is 0 Å². The Morgan fingerprint density at radius 2 is 0.643 bits per heavy atom. The van der Waals surface area contributed by atoms with Gasteiger partial charge in [-0.25, -0.2) is 17.6 Å². The fourth-order valence-corrected chi connectivity index (χ4v) is 1.60. The number of alkyl halides is 19. The molecule has 0 N–H and O–H groups in total. The smallest absolute Gasteiger partial charge is 0.220 e. The van der Waals surface area contributed by atoms with Crippen LogP contribution in [0, 0.1) is 0 Å². The number of hydrogen-bond donors (Lipinski definition) is 0. The second-order valence-electron chi connectivity index (χ2n) is 4.89. The molecule has 19 heteroatoms. The van der Waals surface area contributed by atoms with Crippen LogP contribution in [0.4, 0.5) is 83.4 Å². The molecule has 0 aliphatic heterocycles. The van der Waals surface area contributed by atoms with Crippen molar-refractivity contribution in [2.45, 2.75) is 54.1 Å². The van der Waals surface area contributed by atoms with Crippen LogP contribution in [-0.4, -0.2) is 54.1 Å². The molecule has 0 aromatic heterocycles. The summed E-state index contributed by atoms with van der Waals surface area (Å²) in [5.41, 5.74) is -16.8. The molecule has 0 nitrogen and oxygen atoms in total. The van der Waals surface area contributed by atoms with Crippen LogP contribution in [0.15, 0.2) is 0 Å². The van der Waals surface area contributed by atoms with Gasteiger partial charge in [0.1, 0.15) is 0 Å². The van der Waals surface area contributed by atoms with Gasteiger partial charge in [-0.15, -0.1) is 0 Å². The standard InChI is InChI=1S/C9HF19/c10-1(11)2(12,7(20,21)22)4(14,15)6(18,19)5(16,17)3(13,8(23,24)25)9(26,27)28/h1H. The van der Waals surface area contributed by atoms with E-state index in [2.05, 4.69) is 0 Å². The van der Waals surface area contributed by atoms with Gasteiger partial charge in [-0.3, -0.25) is 0 Å². The second-order valence-corrected chi connectivity index (χ2v) is 4.89. The summed E-state index contributed by atoms with van der Waals surface area (Å²) in [6.45, 7) is 0. The predicted molar refractivity (Wildman–Crippen MR) is 46.7 cm³/mol. The lowest BCUT2D eigenvalue weighted by atomic mass is 9.82. The summed E-state index contributed by atoms with van der Waals surface area (Å²) in [5.74, 6) is -26.6. The third-order valence-corrected chi connectivity index (χ3v) is 3.17. The lowest BCUT2D eigenvalue weighted by Crippen LogP contribution is -2.78. The Kier molecular flexibility index (Phi) is 6.03. The Hall–Kier alpha value is -1.33. The largest absolute Gasteiger partial charge is 0.438 e. The van der Waals surface area contributed by atoms with Crippen molar-refractivity contribution in [3.63, 3.8) is 0 Å². The van der Waals surface area contributed by atoms with E-state index in [0.717, 1.165) is 0 Å². The molecule has 0 rings (SSSR count). The highest BCUT2D eigenvalue weighted by Gasteiger charge is 2.97. The second kappa shape index (κ2) is 6.33. The topological polar surface area (TPSA) is 0 Å². The van der Waals surface area contributed by atoms with Crippen LogP contribution in [0.3, 0.4) is 0 Å². The summed E-state index contributed by atoms with van der Waals surface area (Å²) in [6, 6.07) is 0. The Bertz CT molecular complexity index is 545. The zero-order valence-electron chi connectivity index (χ0n) is 11.8. The third kappa shape index (κ3) is 3.02. The molecule has 0 saturated carbocycles. The Morgan fingerprint density at radius 3 is 0.821 bits per heavy atom. The van der Waals surface area contributed by atoms with Crippen LogP contribution in [0.1, 0.15) is 0 Å². The fourth-order valence-electron chi connectivity index (χ4n) is 1.60. The van der Waals surface area contributed by atoms with Gasteiger partial charge in [-0.05, 0) is 0 Å². The van der Waals surface area contributed by atoms with E-state index in [0.29, 0.717) is 0 Å². The van der Waals surface area contributed by atoms with Gasteiger partial charge in [0, 0.05) is 0 Å². The third-order valence-electron chi connectivity index (χ3n) is 3.17. The van der Waals surface area contributed by atoms with Gasteiger partial charge in [0.2, 0.25) is 0 Å². The minimum Gasteiger partial charge on any atom is -0.220 e. The van der Waals surface area contributed by atoms with E-state index in [9.17, 15) is 83.4 Å². The molecule has 0 aromatic rings. The monoisotopic (exact) mass is 470 g/mol. The molecule has 0 aromatic carbocycles. The first-order chi connectivity index (χ1) is 11.7. The molecular formula is C9HF19. The highest BCUT2D eigenvalue weighted by Crippen LogP contribution is 2.65. The van der Waals surface area contributed by atoms with Crippen LogP contribution in [-0.2, 0) is 0 Å². The first kappa shape index (κ1) is 26.7. The molecular weight excluding hydrogens is 469 g/mol. The lowest BCUT2D eigenvalue weighted by molar-refractivity contribution is -0.465. The van der Waals surface area contributed by atoms with Gasteiger partial charge < -0.3 is 0 Å². The normalized spacial score (nSPS) is 18.4. The van der Waals surface area contributed by atoms with Crippen molar-refractivity contribution in [3.05, 3.63) is 0 Å². The first-order valence-electron chi connectivity index (χ1n) is 5.69. The molecule has 1 unspecified atom stereocenters. The molecule has 170 valence electrons. The summed E-state index contributed by atoms with van der Waals surface area (Å²) in [6.07, 6.45) is -30.9. The van der Waals surface area contributed by atoms with E-state index < -0.39 is 54.1 Å². The van der Waals surface area contributed by atoms with Crippen molar-refractivity contribution >= 4 is 0 Å². The van der Waals surface area contributed by atoms with E-state index in [1.807, 2.05) is 0 Å². The van der Waals surface area contributed by atoms with Gasteiger partial charge in [0.15, 0.2) is 0 Å². The fraction of sp³-hybridized carbons (Fsp3) is 1.00. The first-order valence-corrected chi connectivity index (χ1v) is 5.69. The summed E-state index contributed by atoms with van der Waals surface area (Å²) in [7, 11) is 0. The van der Waals surface area contributed by atoms with Crippen molar-refractivity contribution in [1.82, 2.24) is 0 Å². The molecule has 0 amide bonds. The molecule has 1 atom stereocenters. The van der Waals surface area contributed by atoms with E-state index in [4.69, 9.17) is 0 Å². The predicted octanol–water partition coefficient (Wildman–Crippen LogP) is 6.26. The van der Waals surface area contributed by atoms with E-state index >= 15 is 0 Å². The summed E-state index contributed by atoms with van der Waals surface area (Å²) >= 11 is 0. The average Bonchev–Trinajstić information content (AvgIpc) is 2.40. The van der Waals surface area contributed by atoms with Gasteiger partial charge >= 0.3 is 47.6 Å². The highest BCUT2D eigenvalue weighted by molar-refractivity contribution is 5.19. The Morgan fingerprint density at radius 1 is 0.357 bits per heavy atom. The van der Waals surface area contributed by atoms with Gasteiger partial charge in [0.25, 0.3) is 6.43 Å².